The van der Waals surface area contributed by atoms with E-state index in [0.717, 1.165) is 36.7 Å². The predicted octanol–water partition coefficient (Wildman–Crippen LogP) is 4.75. The monoisotopic (exact) mass is 380 g/mol. The summed E-state index contributed by atoms with van der Waals surface area (Å²) in [6, 6.07) is 16.0. The number of aromatic nitrogens is 2. The van der Waals surface area contributed by atoms with Gasteiger partial charge < -0.3 is 15.0 Å². The Morgan fingerprint density at radius 3 is 2.70 bits per heavy atom. The molecule has 0 aliphatic carbocycles. The fourth-order valence-electron chi connectivity index (χ4n) is 3.36. The summed E-state index contributed by atoms with van der Waals surface area (Å²) in [6.45, 7) is 3.77. The van der Waals surface area contributed by atoms with E-state index >= 15 is 0 Å². The lowest BCUT2D eigenvalue weighted by atomic mass is 10.00. The second kappa shape index (κ2) is 7.45. The summed E-state index contributed by atoms with van der Waals surface area (Å²) in [5.41, 5.74) is 4.42. The normalized spacial score (nSPS) is 13.2. The Balaban J connectivity index is 1.62. The number of methoxy groups -OCH3 is 1. The molecule has 0 atom stereocenters. The molecule has 138 valence electrons. The topological polar surface area (TPSA) is 50.3 Å². The number of hydrogen-bond acceptors (Lipinski definition) is 5. The van der Waals surface area contributed by atoms with Gasteiger partial charge in [-0.05, 0) is 42.7 Å². The van der Waals surface area contributed by atoms with E-state index in [1.165, 1.54) is 11.1 Å². The molecule has 0 bridgehead atoms. The lowest BCUT2D eigenvalue weighted by molar-refractivity contribution is 0.417. The van der Waals surface area contributed by atoms with Gasteiger partial charge in [-0.25, -0.2) is 4.98 Å². The Kier molecular flexibility index (Phi) is 4.86. The van der Waals surface area contributed by atoms with Crippen LogP contribution in [-0.2, 0) is 13.0 Å². The van der Waals surface area contributed by atoms with Crippen molar-refractivity contribution in [2.75, 3.05) is 23.9 Å². The van der Waals surface area contributed by atoms with E-state index in [1.807, 2.05) is 25.1 Å². The summed E-state index contributed by atoms with van der Waals surface area (Å²) < 4.78 is 5.40. The fraction of sp³-hybridized carbons (Fsp3) is 0.238. The van der Waals surface area contributed by atoms with Crippen molar-refractivity contribution in [3.63, 3.8) is 0 Å². The van der Waals surface area contributed by atoms with Gasteiger partial charge in [-0.15, -0.1) is 0 Å². The minimum atomic E-state index is 0.532. The largest absolute Gasteiger partial charge is 0.495 e. The van der Waals surface area contributed by atoms with E-state index in [1.54, 1.807) is 13.2 Å². The third kappa shape index (κ3) is 3.83. The van der Waals surface area contributed by atoms with Crippen LogP contribution in [0.3, 0.4) is 0 Å². The van der Waals surface area contributed by atoms with Crippen LogP contribution in [0.25, 0.3) is 0 Å². The number of benzene rings is 2. The van der Waals surface area contributed by atoms with E-state index in [9.17, 15) is 0 Å². The second-order valence-electron chi connectivity index (χ2n) is 6.60. The maximum absolute atomic E-state index is 6.13. The smallest absolute Gasteiger partial charge is 0.229 e. The van der Waals surface area contributed by atoms with Crippen LogP contribution in [0.15, 0.2) is 48.5 Å². The number of fused-ring (bicyclic) bond motifs is 1. The molecule has 4 rings (SSSR count). The van der Waals surface area contributed by atoms with Crippen LogP contribution >= 0.6 is 11.6 Å². The molecule has 3 aromatic rings. The molecule has 0 saturated heterocycles. The molecular weight excluding hydrogens is 360 g/mol. The van der Waals surface area contributed by atoms with Gasteiger partial charge in [0.15, 0.2) is 0 Å². The van der Waals surface area contributed by atoms with Gasteiger partial charge >= 0.3 is 0 Å². The van der Waals surface area contributed by atoms with Crippen molar-refractivity contribution >= 4 is 29.1 Å². The third-order valence-electron chi connectivity index (χ3n) is 4.70. The van der Waals surface area contributed by atoms with Crippen molar-refractivity contribution in [3.05, 3.63) is 70.4 Å². The zero-order valence-corrected chi connectivity index (χ0v) is 16.1. The van der Waals surface area contributed by atoms with Gasteiger partial charge in [0.25, 0.3) is 0 Å². The summed E-state index contributed by atoms with van der Waals surface area (Å²) in [7, 11) is 1.63. The first-order valence-electron chi connectivity index (χ1n) is 8.90. The number of aryl methyl sites for hydroxylation is 1. The second-order valence-corrected chi connectivity index (χ2v) is 7.04. The zero-order valence-electron chi connectivity index (χ0n) is 15.4. The zero-order chi connectivity index (χ0) is 18.8. The fourth-order valence-corrected chi connectivity index (χ4v) is 3.53. The Hall–Kier alpha value is -2.79. The highest BCUT2D eigenvalue weighted by Crippen LogP contribution is 2.30. The van der Waals surface area contributed by atoms with E-state index < -0.39 is 0 Å². The van der Waals surface area contributed by atoms with E-state index in [4.69, 9.17) is 21.3 Å². The first kappa shape index (κ1) is 17.6. The number of anilines is 3. The molecule has 2 heterocycles. The SMILES string of the molecule is COc1ccc(Cl)cc1Nc1nc(C)cc(N2CCc3ccccc3C2)n1. The number of halogens is 1. The first-order chi connectivity index (χ1) is 13.1. The molecule has 5 nitrogen and oxygen atoms in total. The van der Waals surface area contributed by atoms with Gasteiger partial charge in [0.05, 0.1) is 12.8 Å². The van der Waals surface area contributed by atoms with Crippen molar-refractivity contribution in [3.8, 4) is 5.75 Å². The van der Waals surface area contributed by atoms with Gasteiger partial charge in [0, 0.05) is 29.9 Å². The Labute approximate surface area is 164 Å². The lowest BCUT2D eigenvalue weighted by Gasteiger charge is -2.30. The summed E-state index contributed by atoms with van der Waals surface area (Å²) in [5.74, 6) is 2.14. The first-order valence-corrected chi connectivity index (χ1v) is 9.28. The summed E-state index contributed by atoms with van der Waals surface area (Å²) in [4.78, 5) is 11.6. The van der Waals surface area contributed by atoms with Gasteiger partial charge in [-0.3, -0.25) is 0 Å². The van der Waals surface area contributed by atoms with Crippen LogP contribution in [0.4, 0.5) is 17.5 Å². The number of hydrogen-bond donors (Lipinski definition) is 1. The number of nitrogens with zero attached hydrogens (tertiary/aromatic N) is 3. The van der Waals surface area contributed by atoms with Gasteiger partial charge in [0.2, 0.25) is 5.95 Å². The summed E-state index contributed by atoms with van der Waals surface area (Å²) in [6.07, 6.45) is 1.02. The van der Waals surface area contributed by atoms with Gasteiger partial charge in [-0.1, -0.05) is 35.9 Å². The minimum absolute atomic E-state index is 0.532. The van der Waals surface area contributed by atoms with Crippen molar-refractivity contribution in [2.45, 2.75) is 19.9 Å². The van der Waals surface area contributed by atoms with Crippen LogP contribution in [-0.4, -0.2) is 23.6 Å². The van der Waals surface area contributed by atoms with Crippen LogP contribution < -0.4 is 15.0 Å². The average Bonchev–Trinajstić information content (AvgIpc) is 2.67. The van der Waals surface area contributed by atoms with Crippen molar-refractivity contribution in [1.29, 1.82) is 0 Å². The molecule has 0 unspecified atom stereocenters. The van der Waals surface area contributed by atoms with E-state index in [-0.39, 0.29) is 0 Å². The van der Waals surface area contributed by atoms with Crippen LogP contribution in [0.5, 0.6) is 5.75 Å². The Bertz CT molecular complexity index is 976. The third-order valence-corrected chi connectivity index (χ3v) is 4.94. The summed E-state index contributed by atoms with van der Waals surface area (Å²) >= 11 is 6.13. The van der Waals surface area contributed by atoms with Crippen molar-refractivity contribution in [2.24, 2.45) is 0 Å². The lowest BCUT2D eigenvalue weighted by Crippen LogP contribution is -2.31. The quantitative estimate of drug-likeness (QED) is 0.707. The Morgan fingerprint density at radius 2 is 1.89 bits per heavy atom. The predicted molar refractivity (Wildman–Crippen MR) is 109 cm³/mol. The molecule has 1 N–H and O–H groups in total. The molecule has 1 aliphatic heterocycles. The molecule has 27 heavy (non-hydrogen) atoms. The van der Waals surface area contributed by atoms with Crippen LogP contribution in [0.1, 0.15) is 16.8 Å². The summed E-state index contributed by atoms with van der Waals surface area (Å²) in [5, 5.41) is 3.87. The molecule has 6 heteroatoms. The maximum Gasteiger partial charge on any atom is 0.229 e. The van der Waals surface area contributed by atoms with Crippen molar-refractivity contribution < 1.29 is 4.74 Å². The van der Waals surface area contributed by atoms with E-state index in [0.29, 0.717) is 16.7 Å². The standard InChI is InChI=1S/C21H21ClN4O/c1-14-11-20(26-10-9-15-5-3-4-6-16(15)13-26)25-21(23-14)24-18-12-17(22)7-8-19(18)27-2/h3-8,11-12H,9-10,13H2,1-2H3,(H,23,24,25). The number of nitrogens with one attached hydrogen (secondary N) is 1. The molecule has 0 radical (unpaired) electrons. The highest BCUT2D eigenvalue weighted by Gasteiger charge is 2.18. The molecular formula is C21H21ClN4O. The highest BCUT2D eigenvalue weighted by molar-refractivity contribution is 6.31. The van der Waals surface area contributed by atoms with Crippen LogP contribution in [0.2, 0.25) is 5.02 Å². The van der Waals surface area contributed by atoms with Gasteiger partial charge in [0.1, 0.15) is 11.6 Å². The molecule has 2 aromatic carbocycles. The molecule has 0 saturated carbocycles. The number of ether oxygens (including phenoxy) is 1. The van der Waals surface area contributed by atoms with Crippen molar-refractivity contribution in [1.82, 2.24) is 9.97 Å². The molecule has 1 aromatic heterocycles. The molecule has 0 fully saturated rings. The van der Waals surface area contributed by atoms with E-state index in [2.05, 4.69) is 39.5 Å². The maximum atomic E-state index is 6.13. The highest BCUT2D eigenvalue weighted by atomic mass is 35.5. The van der Waals surface area contributed by atoms with Gasteiger partial charge in [-0.2, -0.15) is 4.98 Å². The molecule has 1 aliphatic rings. The van der Waals surface area contributed by atoms with Crippen LogP contribution in [0, 0.1) is 6.92 Å². The number of rotatable bonds is 4. The molecule has 0 amide bonds. The minimum Gasteiger partial charge on any atom is -0.495 e. The molecule has 0 spiro atoms. The average molecular weight is 381 g/mol. The Morgan fingerprint density at radius 1 is 1.07 bits per heavy atom.